The van der Waals surface area contributed by atoms with Crippen molar-refractivity contribution in [2.75, 3.05) is 13.1 Å². The molecule has 1 atom stereocenters. The number of nitrogens with one attached hydrogen (secondary N) is 1. The molecule has 13 heavy (non-hydrogen) atoms. The molecule has 1 unspecified atom stereocenters. The predicted octanol–water partition coefficient (Wildman–Crippen LogP) is 2.50. The van der Waals surface area contributed by atoms with Crippen LogP contribution < -0.4 is 5.32 Å². The van der Waals surface area contributed by atoms with Crippen molar-refractivity contribution in [3.05, 3.63) is 0 Å². The lowest BCUT2D eigenvalue weighted by Crippen LogP contribution is -2.20. The Balaban J connectivity index is 2.18. The normalized spacial score (nSPS) is 22.2. The van der Waals surface area contributed by atoms with Crippen molar-refractivity contribution in [1.29, 1.82) is 0 Å². The quantitative estimate of drug-likeness (QED) is 0.754. The van der Waals surface area contributed by atoms with Crippen LogP contribution in [0.2, 0.25) is 0 Å². The SMILES string of the molecule is CCCNC1=NCC(CC(C)C)S1. The van der Waals surface area contributed by atoms with Gasteiger partial charge in [0, 0.05) is 11.8 Å². The summed E-state index contributed by atoms with van der Waals surface area (Å²) in [5.74, 6) is 0.790. The van der Waals surface area contributed by atoms with Crippen LogP contribution in [0, 0.1) is 5.92 Å². The first-order valence-corrected chi connectivity index (χ1v) is 6.05. The van der Waals surface area contributed by atoms with Gasteiger partial charge in [0.25, 0.3) is 0 Å². The van der Waals surface area contributed by atoms with Crippen molar-refractivity contribution in [1.82, 2.24) is 5.32 Å². The summed E-state index contributed by atoms with van der Waals surface area (Å²) in [6, 6.07) is 0. The van der Waals surface area contributed by atoms with Gasteiger partial charge in [-0.25, -0.2) is 0 Å². The van der Waals surface area contributed by atoms with Gasteiger partial charge in [-0.2, -0.15) is 0 Å². The molecule has 0 aromatic rings. The third-order valence-electron chi connectivity index (χ3n) is 1.98. The predicted molar refractivity (Wildman–Crippen MR) is 61.4 cm³/mol. The van der Waals surface area contributed by atoms with Gasteiger partial charge in [0.05, 0.1) is 6.54 Å². The molecule has 0 saturated heterocycles. The topological polar surface area (TPSA) is 24.4 Å². The van der Waals surface area contributed by atoms with Crippen LogP contribution in [0.3, 0.4) is 0 Å². The number of amidine groups is 1. The van der Waals surface area contributed by atoms with Crippen LogP contribution in [0.15, 0.2) is 4.99 Å². The second kappa shape index (κ2) is 5.53. The third kappa shape index (κ3) is 4.03. The lowest BCUT2D eigenvalue weighted by Gasteiger charge is -2.10. The maximum atomic E-state index is 4.48. The van der Waals surface area contributed by atoms with E-state index in [-0.39, 0.29) is 0 Å². The first-order chi connectivity index (χ1) is 6.22. The molecule has 0 amide bonds. The maximum absolute atomic E-state index is 4.48. The number of hydrogen-bond donors (Lipinski definition) is 1. The smallest absolute Gasteiger partial charge is 0.156 e. The van der Waals surface area contributed by atoms with Gasteiger partial charge in [0.15, 0.2) is 5.17 Å². The number of thioether (sulfide) groups is 1. The van der Waals surface area contributed by atoms with Crippen LogP contribution >= 0.6 is 11.8 Å². The molecule has 1 aliphatic rings. The molecule has 1 heterocycles. The van der Waals surface area contributed by atoms with Crippen LogP contribution in [0.1, 0.15) is 33.6 Å². The second-order valence-electron chi connectivity index (χ2n) is 3.94. The summed E-state index contributed by atoms with van der Waals surface area (Å²) in [7, 11) is 0. The molecule has 3 heteroatoms. The fraction of sp³-hybridized carbons (Fsp3) is 0.900. The van der Waals surface area contributed by atoms with Crippen LogP contribution in [0.4, 0.5) is 0 Å². The zero-order valence-corrected chi connectivity index (χ0v) is 9.66. The van der Waals surface area contributed by atoms with Crippen molar-refractivity contribution in [3.63, 3.8) is 0 Å². The molecule has 2 nitrogen and oxygen atoms in total. The van der Waals surface area contributed by atoms with Gasteiger partial charge < -0.3 is 5.32 Å². The molecule has 0 spiro atoms. The summed E-state index contributed by atoms with van der Waals surface area (Å²) in [5.41, 5.74) is 0. The molecular weight excluding hydrogens is 180 g/mol. The van der Waals surface area contributed by atoms with Gasteiger partial charge in [-0.15, -0.1) is 0 Å². The van der Waals surface area contributed by atoms with E-state index in [1.165, 1.54) is 12.8 Å². The zero-order chi connectivity index (χ0) is 9.68. The van der Waals surface area contributed by atoms with E-state index in [9.17, 15) is 0 Å². The second-order valence-corrected chi connectivity index (χ2v) is 5.23. The molecule has 1 rings (SSSR count). The Morgan fingerprint density at radius 2 is 2.38 bits per heavy atom. The highest BCUT2D eigenvalue weighted by Crippen LogP contribution is 2.25. The molecule has 0 aromatic carbocycles. The van der Waals surface area contributed by atoms with E-state index >= 15 is 0 Å². The molecule has 0 saturated carbocycles. The summed E-state index contributed by atoms with van der Waals surface area (Å²) < 4.78 is 0. The number of nitrogens with zero attached hydrogens (tertiary/aromatic N) is 1. The van der Waals surface area contributed by atoms with Gasteiger partial charge in [0.2, 0.25) is 0 Å². The average Bonchev–Trinajstić information content (AvgIpc) is 2.48. The van der Waals surface area contributed by atoms with Gasteiger partial charge in [-0.3, -0.25) is 4.99 Å². The minimum absolute atomic E-state index is 0.722. The number of hydrogen-bond acceptors (Lipinski definition) is 3. The Morgan fingerprint density at radius 1 is 1.62 bits per heavy atom. The molecule has 1 aliphatic heterocycles. The average molecular weight is 200 g/mol. The molecular formula is C10H20N2S. The number of aliphatic imine (C=N–C) groups is 1. The highest BCUT2D eigenvalue weighted by molar-refractivity contribution is 8.14. The summed E-state index contributed by atoms with van der Waals surface area (Å²) in [4.78, 5) is 4.48. The van der Waals surface area contributed by atoms with E-state index < -0.39 is 0 Å². The summed E-state index contributed by atoms with van der Waals surface area (Å²) in [5, 5.41) is 5.23. The van der Waals surface area contributed by atoms with Crippen LogP contribution in [0.25, 0.3) is 0 Å². The molecule has 0 fully saturated rings. The van der Waals surface area contributed by atoms with E-state index in [0.29, 0.717) is 0 Å². The lowest BCUT2D eigenvalue weighted by atomic mass is 10.1. The molecule has 76 valence electrons. The number of rotatable bonds is 4. The third-order valence-corrected chi connectivity index (χ3v) is 3.15. The Hall–Kier alpha value is -0.180. The lowest BCUT2D eigenvalue weighted by molar-refractivity contribution is 0.575. The fourth-order valence-corrected chi connectivity index (χ4v) is 2.68. The molecule has 0 radical (unpaired) electrons. The van der Waals surface area contributed by atoms with E-state index in [0.717, 1.165) is 29.4 Å². The first-order valence-electron chi connectivity index (χ1n) is 5.17. The van der Waals surface area contributed by atoms with Gasteiger partial charge in [-0.1, -0.05) is 32.5 Å². The Morgan fingerprint density at radius 3 is 3.00 bits per heavy atom. The molecule has 0 aliphatic carbocycles. The van der Waals surface area contributed by atoms with Gasteiger partial charge in [-0.05, 0) is 18.8 Å². The van der Waals surface area contributed by atoms with Crippen LogP contribution in [0.5, 0.6) is 0 Å². The Labute approximate surface area is 85.6 Å². The molecule has 0 aromatic heterocycles. The van der Waals surface area contributed by atoms with Crippen molar-refractivity contribution in [2.45, 2.75) is 38.9 Å². The van der Waals surface area contributed by atoms with Gasteiger partial charge in [0.1, 0.15) is 0 Å². The van der Waals surface area contributed by atoms with Crippen LogP contribution in [-0.2, 0) is 0 Å². The van der Waals surface area contributed by atoms with Crippen molar-refractivity contribution in [3.8, 4) is 0 Å². The van der Waals surface area contributed by atoms with E-state index in [2.05, 4.69) is 31.1 Å². The van der Waals surface area contributed by atoms with Crippen molar-refractivity contribution < 1.29 is 0 Å². The first kappa shape index (κ1) is 10.9. The molecule has 1 N–H and O–H groups in total. The summed E-state index contributed by atoms with van der Waals surface area (Å²) in [6.07, 6.45) is 2.46. The Kier molecular flexibility index (Phi) is 4.64. The highest BCUT2D eigenvalue weighted by atomic mass is 32.2. The van der Waals surface area contributed by atoms with E-state index in [1.807, 2.05) is 11.8 Å². The van der Waals surface area contributed by atoms with Gasteiger partial charge >= 0.3 is 0 Å². The summed E-state index contributed by atoms with van der Waals surface area (Å²) in [6.45, 7) is 8.80. The molecule has 0 bridgehead atoms. The minimum Gasteiger partial charge on any atom is -0.365 e. The maximum Gasteiger partial charge on any atom is 0.156 e. The van der Waals surface area contributed by atoms with Crippen molar-refractivity contribution >= 4 is 16.9 Å². The van der Waals surface area contributed by atoms with E-state index in [4.69, 9.17) is 0 Å². The zero-order valence-electron chi connectivity index (χ0n) is 8.84. The minimum atomic E-state index is 0.722. The summed E-state index contributed by atoms with van der Waals surface area (Å²) >= 11 is 1.92. The fourth-order valence-electron chi connectivity index (χ4n) is 1.40. The monoisotopic (exact) mass is 200 g/mol. The van der Waals surface area contributed by atoms with E-state index in [1.54, 1.807) is 0 Å². The van der Waals surface area contributed by atoms with Crippen molar-refractivity contribution in [2.24, 2.45) is 10.9 Å². The highest BCUT2D eigenvalue weighted by Gasteiger charge is 2.19. The largest absolute Gasteiger partial charge is 0.365 e. The van der Waals surface area contributed by atoms with Crippen LogP contribution in [-0.4, -0.2) is 23.5 Å². The standard InChI is InChI=1S/C10H20N2S/c1-4-5-11-10-12-7-9(13-10)6-8(2)3/h8-9H,4-7H2,1-3H3,(H,11,12). The Bertz CT molecular complexity index is 178.